The molecule has 23 heavy (non-hydrogen) atoms. The van der Waals surface area contributed by atoms with Gasteiger partial charge in [-0.3, -0.25) is 4.79 Å². The van der Waals surface area contributed by atoms with Crippen LogP contribution in [0, 0.1) is 0 Å². The highest BCUT2D eigenvalue weighted by molar-refractivity contribution is 6.18. The number of aromatic hydroxyl groups is 1. The van der Waals surface area contributed by atoms with E-state index >= 15 is 0 Å². The Kier molecular flexibility index (Phi) is 3.67. The molecule has 120 valence electrons. The maximum atomic E-state index is 12.7. The van der Waals surface area contributed by atoms with E-state index in [1.807, 2.05) is 0 Å². The minimum Gasteiger partial charge on any atom is -0.507 e. The molecule has 7 nitrogen and oxygen atoms in total. The van der Waals surface area contributed by atoms with Gasteiger partial charge < -0.3 is 24.8 Å². The molecule has 0 bridgehead atoms. The van der Waals surface area contributed by atoms with Gasteiger partial charge in [-0.1, -0.05) is 6.08 Å². The molecule has 0 aromatic heterocycles. The summed E-state index contributed by atoms with van der Waals surface area (Å²) in [5, 5.41) is 29.3. The van der Waals surface area contributed by atoms with Crippen LogP contribution in [0.5, 0.6) is 11.5 Å². The second-order valence-corrected chi connectivity index (χ2v) is 5.18. The molecule has 1 aromatic rings. The zero-order chi connectivity index (χ0) is 16.7. The summed E-state index contributed by atoms with van der Waals surface area (Å²) in [7, 11) is 1.18. The van der Waals surface area contributed by atoms with Crippen molar-refractivity contribution in [1.29, 1.82) is 0 Å². The van der Waals surface area contributed by atoms with E-state index in [2.05, 4.69) is 4.74 Å². The summed E-state index contributed by atoms with van der Waals surface area (Å²) in [6.07, 6.45) is 0.417. The minimum absolute atomic E-state index is 0.0240. The molecular weight excluding hydrogens is 304 g/mol. The molecule has 0 fully saturated rings. The van der Waals surface area contributed by atoms with Crippen LogP contribution in [0.25, 0.3) is 0 Å². The van der Waals surface area contributed by atoms with Crippen LogP contribution < -0.4 is 4.74 Å². The number of carbonyl (C=O) groups is 2. The summed E-state index contributed by atoms with van der Waals surface area (Å²) in [6, 6.07) is 2.65. The molecule has 0 spiro atoms. The van der Waals surface area contributed by atoms with E-state index in [1.54, 1.807) is 0 Å². The van der Waals surface area contributed by atoms with E-state index in [0.717, 1.165) is 0 Å². The van der Waals surface area contributed by atoms with Crippen LogP contribution in [0.15, 0.2) is 35.4 Å². The Balaban J connectivity index is 2.21. The third-order valence-corrected chi connectivity index (χ3v) is 3.80. The van der Waals surface area contributed by atoms with Crippen molar-refractivity contribution in [3.05, 3.63) is 46.6 Å². The highest BCUT2D eigenvalue weighted by Crippen LogP contribution is 2.41. The number of phenols is 1. The van der Waals surface area contributed by atoms with Gasteiger partial charge >= 0.3 is 5.97 Å². The molecule has 0 unspecified atom stereocenters. The maximum absolute atomic E-state index is 12.7. The number of rotatable bonds is 2. The predicted octanol–water partition coefficient (Wildman–Crippen LogP) is 0.228. The molecule has 0 radical (unpaired) electrons. The molecule has 3 rings (SSSR count). The van der Waals surface area contributed by atoms with Crippen LogP contribution in [0.3, 0.4) is 0 Å². The van der Waals surface area contributed by atoms with Crippen LogP contribution >= 0.6 is 0 Å². The number of methoxy groups -OCH3 is 1. The van der Waals surface area contributed by atoms with Crippen molar-refractivity contribution >= 4 is 11.8 Å². The van der Waals surface area contributed by atoms with E-state index < -0.39 is 24.0 Å². The fourth-order valence-corrected chi connectivity index (χ4v) is 2.72. The lowest BCUT2D eigenvalue weighted by molar-refractivity contribution is -0.135. The number of hydrogen-bond acceptors (Lipinski definition) is 7. The van der Waals surface area contributed by atoms with Crippen molar-refractivity contribution in [2.75, 3.05) is 7.11 Å². The maximum Gasteiger partial charge on any atom is 0.338 e. The first-order chi connectivity index (χ1) is 11.0. The minimum atomic E-state index is -1.13. The summed E-state index contributed by atoms with van der Waals surface area (Å²) < 4.78 is 10.3. The van der Waals surface area contributed by atoms with Crippen LogP contribution in [0.1, 0.15) is 15.9 Å². The van der Waals surface area contributed by atoms with Crippen molar-refractivity contribution in [3.8, 4) is 11.5 Å². The first-order valence-corrected chi connectivity index (χ1v) is 6.84. The lowest BCUT2D eigenvalue weighted by Gasteiger charge is -2.33. The van der Waals surface area contributed by atoms with Gasteiger partial charge in [0.1, 0.15) is 23.2 Å². The molecular formula is C16H14O7. The Hall–Kier alpha value is -2.64. The number of phenolic OH excluding ortho intramolecular Hbond substituents is 1. The fourth-order valence-electron chi connectivity index (χ4n) is 2.72. The van der Waals surface area contributed by atoms with Gasteiger partial charge in [0.2, 0.25) is 5.78 Å². The number of ketones is 1. The van der Waals surface area contributed by atoms with E-state index in [1.165, 1.54) is 31.4 Å². The molecule has 1 aromatic carbocycles. The first kappa shape index (κ1) is 15.3. The molecule has 1 heterocycles. The van der Waals surface area contributed by atoms with Gasteiger partial charge in [-0.05, 0) is 23.8 Å². The Morgan fingerprint density at radius 1 is 1.39 bits per heavy atom. The number of hydrogen-bond donors (Lipinski definition) is 3. The van der Waals surface area contributed by atoms with Crippen LogP contribution in [0.4, 0.5) is 0 Å². The van der Waals surface area contributed by atoms with Crippen molar-refractivity contribution < 1.29 is 34.4 Å². The number of esters is 1. The summed E-state index contributed by atoms with van der Waals surface area (Å²) in [5.74, 6) is -1.68. The predicted molar refractivity (Wildman–Crippen MR) is 77.0 cm³/mol. The van der Waals surface area contributed by atoms with Gasteiger partial charge in [0, 0.05) is 0 Å². The lowest BCUT2D eigenvalue weighted by atomic mass is 9.84. The zero-order valence-electron chi connectivity index (χ0n) is 12.1. The summed E-state index contributed by atoms with van der Waals surface area (Å²) >= 11 is 0. The molecule has 1 aliphatic heterocycles. The molecule has 3 N–H and O–H groups in total. The third-order valence-electron chi connectivity index (χ3n) is 3.80. The molecule has 7 heteroatoms. The van der Waals surface area contributed by atoms with Gasteiger partial charge in [-0.15, -0.1) is 0 Å². The summed E-state index contributed by atoms with van der Waals surface area (Å²) in [4.78, 5) is 24.6. The smallest absolute Gasteiger partial charge is 0.338 e. The molecule has 0 amide bonds. The number of fused-ring (bicyclic) bond motifs is 2. The van der Waals surface area contributed by atoms with Crippen molar-refractivity contribution in [1.82, 2.24) is 0 Å². The topological polar surface area (TPSA) is 113 Å². The largest absolute Gasteiger partial charge is 0.507 e. The standard InChI is InChI=1S/C16H14O7/c1-22-16(21)8-2-3-9(18)15-12(8)14(20)13-10(19)4-7(6-17)5-11(13)23-15/h2-5,9,15,17-19H,6H2,1H3/t9-,15-/m0/s1. The van der Waals surface area contributed by atoms with E-state index in [-0.39, 0.29) is 34.8 Å². The highest BCUT2D eigenvalue weighted by atomic mass is 16.5. The number of aliphatic hydroxyl groups excluding tert-OH is 2. The first-order valence-electron chi connectivity index (χ1n) is 6.84. The second-order valence-electron chi connectivity index (χ2n) is 5.18. The molecule has 1 aliphatic carbocycles. The fraction of sp³-hybridized carbons (Fsp3) is 0.250. The Bertz CT molecular complexity index is 760. The number of ether oxygens (including phenoxy) is 2. The van der Waals surface area contributed by atoms with Crippen molar-refractivity contribution in [3.63, 3.8) is 0 Å². The molecule has 2 atom stereocenters. The van der Waals surface area contributed by atoms with Gasteiger partial charge in [0.25, 0.3) is 0 Å². The average molecular weight is 318 g/mol. The molecule has 2 aliphatic rings. The average Bonchev–Trinajstić information content (AvgIpc) is 2.54. The summed E-state index contributed by atoms with van der Waals surface area (Å²) in [6.45, 7) is -0.346. The Labute approximate surface area is 131 Å². The third kappa shape index (κ3) is 2.30. The molecule has 0 saturated carbocycles. The van der Waals surface area contributed by atoms with E-state index in [0.29, 0.717) is 5.56 Å². The van der Waals surface area contributed by atoms with Gasteiger partial charge in [0.15, 0.2) is 6.10 Å². The number of benzene rings is 1. The Morgan fingerprint density at radius 3 is 2.78 bits per heavy atom. The number of carbonyl (C=O) groups excluding carboxylic acids is 2. The van der Waals surface area contributed by atoms with Crippen LogP contribution in [0.2, 0.25) is 0 Å². The lowest BCUT2D eigenvalue weighted by Crippen LogP contribution is -2.42. The quantitative estimate of drug-likeness (QED) is 0.669. The van der Waals surface area contributed by atoms with E-state index in [9.17, 15) is 24.9 Å². The number of aliphatic hydroxyl groups is 2. The van der Waals surface area contributed by atoms with E-state index in [4.69, 9.17) is 4.74 Å². The van der Waals surface area contributed by atoms with Crippen LogP contribution in [-0.4, -0.2) is 46.4 Å². The van der Waals surface area contributed by atoms with Gasteiger partial charge in [-0.25, -0.2) is 4.79 Å². The van der Waals surface area contributed by atoms with Gasteiger partial charge in [-0.2, -0.15) is 0 Å². The van der Waals surface area contributed by atoms with Gasteiger partial charge in [0.05, 0.1) is 24.9 Å². The monoisotopic (exact) mass is 318 g/mol. The summed E-state index contributed by atoms with van der Waals surface area (Å²) in [5.41, 5.74) is 0.156. The van der Waals surface area contributed by atoms with Crippen molar-refractivity contribution in [2.24, 2.45) is 0 Å². The highest BCUT2D eigenvalue weighted by Gasteiger charge is 2.42. The van der Waals surface area contributed by atoms with Crippen molar-refractivity contribution in [2.45, 2.75) is 18.8 Å². The SMILES string of the molecule is COC(=O)C1=C2C(=O)c3c(O)cc(CO)cc3O[C@H]2[C@@H](O)C=C1. The second kappa shape index (κ2) is 5.53. The zero-order valence-corrected chi connectivity index (χ0v) is 12.1. The normalized spacial score (nSPS) is 22.3. The number of Topliss-reactive ketones (excluding diaryl/α,β-unsaturated/α-hetero) is 1. The van der Waals surface area contributed by atoms with Crippen LogP contribution in [-0.2, 0) is 16.1 Å². The Morgan fingerprint density at radius 2 is 2.13 bits per heavy atom. The molecule has 0 saturated heterocycles.